The fourth-order valence-electron chi connectivity index (χ4n) is 2.95. The Balaban J connectivity index is 1.78. The van der Waals surface area contributed by atoms with Gasteiger partial charge < -0.3 is 0 Å². The molecule has 0 heterocycles. The third-order valence-corrected chi connectivity index (χ3v) is 4.74. The van der Waals surface area contributed by atoms with Crippen LogP contribution in [0, 0.1) is 0 Å². The zero-order valence-corrected chi connectivity index (χ0v) is 14.9. The predicted octanol–water partition coefficient (Wildman–Crippen LogP) is 5.43. The van der Waals surface area contributed by atoms with E-state index in [0.29, 0.717) is 38.5 Å². The minimum atomic E-state index is -0.190. The summed E-state index contributed by atoms with van der Waals surface area (Å²) in [5, 5.41) is 0.771. The number of carbonyl (C=O) groups is 2. The second-order valence-corrected chi connectivity index (χ2v) is 6.64. The van der Waals surface area contributed by atoms with Crippen molar-refractivity contribution in [3.63, 3.8) is 0 Å². The number of rotatable bonds is 2. The fourth-order valence-corrected chi connectivity index (χ4v) is 3.35. The van der Waals surface area contributed by atoms with Crippen molar-refractivity contribution < 1.29 is 9.59 Å². The van der Waals surface area contributed by atoms with Gasteiger partial charge in [0, 0.05) is 32.8 Å². The standard InChI is InChI=1S/C21H11Cl2NO2/c22-13-4-3-5-14(11-13)24-21(23)12-8-9-17-18(10-12)20(26)16-7-2-1-6-15(16)19(17)25/h1-11H. The van der Waals surface area contributed by atoms with E-state index in [1.54, 1.807) is 66.7 Å². The molecule has 0 N–H and O–H groups in total. The van der Waals surface area contributed by atoms with Gasteiger partial charge >= 0.3 is 0 Å². The molecule has 3 aromatic carbocycles. The molecule has 4 rings (SSSR count). The Morgan fingerprint density at radius 1 is 0.731 bits per heavy atom. The molecule has 3 nitrogen and oxygen atoms in total. The van der Waals surface area contributed by atoms with Gasteiger partial charge in [0.05, 0.1) is 5.69 Å². The largest absolute Gasteiger partial charge is 0.289 e. The number of fused-ring (bicyclic) bond motifs is 2. The highest BCUT2D eigenvalue weighted by atomic mass is 35.5. The lowest BCUT2D eigenvalue weighted by molar-refractivity contribution is 0.0979. The van der Waals surface area contributed by atoms with Crippen molar-refractivity contribution in [2.45, 2.75) is 0 Å². The first-order valence-corrected chi connectivity index (χ1v) is 8.63. The average Bonchev–Trinajstić information content (AvgIpc) is 2.65. The Morgan fingerprint density at radius 3 is 2.08 bits per heavy atom. The second kappa shape index (κ2) is 6.52. The quantitative estimate of drug-likeness (QED) is 0.435. The fraction of sp³-hybridized carbons (Fsp3) is 0. The van der Waals surface area contributed by atoms with Crippen LogP contribution in [0.5, 0.6) is 0 Å². The van der Waals surface area contributed by atoms with Crippen LogP contribution in [0.4, 0.5) is 5.69 Å². The maximum atomic E-state index is 12.8. The Bertz CT molecular complexity index is 1100. The van der Waals surface area contributed by atoms with E-state index < -0.39 is 0 Å². The monoisotopic (exact) mass is 379 g/mol. The Hall–Kier alpha value is -2.75. The zero-order chi connectivity index (χ0) is 18.3. The highest BCUT2D eigenvalue weighted by molar-refractivity contribution is 6.69. The van der Waals surface area contributed by atoms with Crippen LogP contribution in [-0.2, 0) is 0 Å². The number of nitrogens with zero attached hydrogens (tertiary/aromatic N) is 1. The molecule has 3 aromatic rings. The molecule has 1 aliphatic carbocycles. The summed E-state index contributed by atoms with van der Waals surface area (Å²) in [5.41, 5.74) is 2.72. The lowest BCUT2D eigenvalue weighted by Gasteiger charge is -2.17. The van der Waals surface area contributed by atoms with Gasteiger partial charge in [0.15, 0.2) is 11.6 Å². The molecule has 26 heavy (non-hydrogen) atoms. The molecule has 1 aliphatic rings. The van der Waals surface area contributed by atoms with Crippen LogP contribution in [0.3, 0.4) is 0 Å². The number of hydrogen-bond acceptors (Lipinski definition) is 3. The summed E-state index contributed by atoms with van der Waals surface area (Å²) >= 11 is 12.3. The van der Waals surface area contributed by atoms with Gasteiger partial charge in [-0.3, -0.25) is 9.59 Å². The number of carbonyl (C=O) groups excluding carboxylic acids is 2. The molecule has 5 heteroatoms. The lowest BCUT2D eigenvalue weighted by atomic mass is 9.83. The van der Waals surface area contributed by atoms with Gasteiger partial charge in [-0.05, 0) is 30.3 Å². The summed E-state index contributed by atoms with van der Waals surface area (Å²) in [6, 6.07) is 18.7. The van der Waals surface area contributed by atoms with Crippen molar-refractivity contribution in [3.8, 4) is 0 Å². The molecule has 0 saturated heterocycles. The van der Waals surface area contributed by atoms with Crippen LogP contribution in [0.1, 0.15) is 37.4 Å². The molecule has 0 aliphatic heterocycles. The molecule has 0 atom stereocenters. The summed E-state index contributed by atoms with van der Waals surface area (Å²) in [4.78, 5) is 29.7. The van der Waals surface area contributed by atoms with E-state index in [9.17, 15) is 9.59 Å². The van der Waals surface area contributed by atoms with E-state index in [1.807, 2.05) is 0 Å². The van der Waals surface area contributed by atoms with E-state index in [4.69, 9.17) is 23.2 Å². The first kappa shape index (κ1) is 16.7. The smallest absolute Gasteiger partial charge is 0.194 e. The maximum Gasteiger partial charge on any atom is 0.194 e. The van der Waals surface area contributed by atoms with Crippen molar-refractivity contribution in [3.05, 3.63) is 99.6 Å². The van der Waals surface area contributed by atoms with Gasteiger partial charge in [-0.25, -0.2) is 4.99 Å². The molecule has 0 unspecified atom stereocenters. The van der Waals surface area contributed by atoms with Crippen LogP contribution in [-0.4, -0.2) is 16.7 Å². The topological polar surface area (TPSA) is 46.5 Å². The molecular weight excluding hydrogens is 369 g/mol. The van der Waals surface area contributed by atoms with Gasteiger partial charge in [-0.15, -0.1) is 0 Å². The van der Waals surface area contributed by atoms with E-state index >= 15 is 0 Å². The van der Waals surface area contributed by atoms with Gasteiger partial charge in [0.25, 0.3) is 0 Å². The number of ketones is 2. The van der Waals surface area contributed by atoms with Gasteiger partial charge in [-0.2, -0.15) is 0 Å². The average molecular weight is 380 g/mol. The first-order valence-electron chi connectivity index (χ1n) is 7.87. The Morgan fingerprint density at radius 2 is 1.38 bits per heavy atom. The number of hydrogen-bond donors (Lipinski definition) is 0. The van der Waals surface area contributed by atoms with E-state index in [0.717, 1.165) is 0 Å². The van der Waals surface area contributed by atoms with Crippen LogP contribution < -0.4 is 0 Å². The Kier molecular flexibility index (Phi) is 4.19. The van der Waals surface area contributed by atoms with E-state index in [2.05, 4.69) is 4.99 Å². The predicted molar refractivity (Wildman–Crippen MR) is 103 cm³/mol. The highest BCUT2D eigenvalue weighted by Crippen LogP contribution is 2.29. The SMILES string of the molecule is O=C1c2ccccc2C(=O)c2cc(C(Cl)=Nc3cccc(Cl)c3)ccc21. The summed E-state index contributed by atoms with van der Waals surface area (Å²) in [5.74, 6) is -0.353. The summed E-state index contributed by atoms with van der Waals surface area (Å²) in [6.45, 7) is 0. The number of benzene rings is 3. The zero-order valence-electron chi connectivity index (χ0n) is 13.4. The van der Waals surface area contributed by atoms with Crippen molar-refractivity contribution in [1.82, 2.24) is 0 Å². The third kappa shape index (κ3) is 2.85. The minimum absolute atomic E-state index is 0.162. The molecule has 0 radical (unpaired) electrons. The van der Waals surface area contributed by atoms with Crippen molar-refractivity contribution in [2.75, 3.05) is 0 Å². The molecule has 0 bridgehead atoms. The summed E-state index contributed by atoms with van der Waals surface area (Å²) in [6.07, 6.45) is 0. The Labute approximate surface area is 159 Å². The maximum absolute atomic E-state index is 12.8. The van der Waals surface area contributed by atoms with E-state index in [-0.39, 0.29) is 16.7 Å². The van der Waals surface area contributed by atoms with Gasteiger partial charge in [0.2, 0.25) is 0 Å². The third-order valence-electron chi connectivity index (χ3n) is 4.20. The number of aliphatic imine (C=N–C) groups is 1. The first-order chi connectivity index (χ1) is 12.5. The molecule has 0 amide bonds. The molecule has 0 fully saturated rings. The van der Waals surface area contributed by atoms with Crippen molar-refractivity contribution in [2.24, 2.45) is 4.99 Å². The van der Waals surface area contributed by atoms with E-state index in [1.165, 1.54) is 0 Å². The van der Waals surface area contributed by atoms with Crippen molar-refractivity contribution in [1.29, 1.82) is 0 Å². The van der Waals surface area contributed by atoms with Gasteiger partial charge in [0.1, 0.15) is 5.17 Å². The van der Waals surface area contributed by atoms with Gasteiger partial charge in [-0.1, -0.05) is 59.6 Å². The summed E-state index contributed by atoms with van der Waals surface area (Å²) in [7, 11) is 0. The summed E-state index contributed by atoms with van der Waals surface area (Å²) < 4.78 is 0. The van der Waals surface area contributed by atoms with Crippen LogP contribution in [0.25, 0.3) is 0 Å². The van der Waals surface area contributed by atoms with Crippen LogP contribution in [0.2, 0.25) is 5.02 Å². The molecular formula is C21H11Cl2NO2. The molecule has 0 aromatic heterocycles. The minimum Gasteiger partial charge on any atom is -0.289 e. The van der Waals surface area contributed by atoms with Crippen molar-refractivity contribution >= 4 is 45.6 Å². The molecule has 0 spiro atoms. The second-order valence-electron chi connectivity index (χ2n) is 5.85. The lowest BCUT2D eigenvalue weighted by Crippen LogP contribution is -2.21. The molecule has 0 saturated carbocycles. The highest BCUT2D eigenvalue weighted by Gasteiger charge is 2.29. The molecule has 126 valence electrons. The van der Waals surface area contributed by atoms with Crippen LogP contribution >= 0.6 is 23.2 Å². The number of halogens is 2. The normalized spacial score (nSPS) is 13.4. The van der Waals surface area contributed by atoms with Crippen LogP contribution in [0.15, 0.2) is 71.7 Å².